The third kappa shape index (κ3) is 7.17. The standard InChI is InChI=1S/C26H29BrF2N4O4S/c1-26(6-7-26)17-37-24(25(34)31-22-13-20(28)12-21(29)14-22)23(15-30)32-8-10-33(11-9-32)38(35,36)16-18-2-4-19(27)5-3-18/h2-5,12-15,30H,6-11,16-17H2,1H3,(H,31,34). The third-order valence-electron chi connectivity index (χ3n) is 6.60. The summed E-state index contributed by atoms with van der Waals surface area (Å²) in [7, 11) is -3.58. The molecule has 2 N–H and O–H groups in total. The number of carbonyl (C=O) groups excluding carboxylic acids is 1. The summed E-state index contributed by atoms with van der Waals surface area (Å²) in [5, 5.41) is 10.5. The van der Waals surface area contributed by atoms with Gasteiger partial charge in [-0.1, -0.05) is 35.0 Å². The first kappa shape index (κ1) is 28.2. The molecule has 38 heavy (non-hydrogen) atoms. The number of allylic oxidation sites excluding steroid dienone is 1. The molecular weight excluding hydrogens is 582 g/mol. The van der Waals surface area contributed by atoms with Crippen molar-refractivity contribution in [3.05, 3.63) is 75.6 Å². The zero-order valence-electron chi connectivity index (χ0n) is 20.8. The number of rotatable bonds is 10. The molecule has 0 bridgehead atoms. The molecule has 4 rings (SSSR count). The van der Waals surface area contributed by atoms with Crippen LogP contribution in [-0.2, 0) is 25.3 Å². The largest absolute Gasteiger partial charge is 0.486 e. The lowest BCUT2D eigenvalue weighted by atomic mass is 10.2. The van der Waals surface area contributed by atoms with Crippen molar-refractivity contribution in [2.45, 2.75) is 25.5 Å². The fraction of sp³-hybridized carbons (Fsp3) is 0.385. The van der Waals surface area contributed by atoms with Gasteiger partial charge in [0.2, 0.25) is 15.8 Å². The number of hydrogen-bond donors (Lipinski definition) is 2. The Kier molecular flexibility index (Phi) is 8.53. The second-order valence-electron chi connectivity index (χ2n) is 9.84. The van der Waals surface area contributed by atoms with Gasteiger partial charge in [-0.3, -0.25) is 4.79 Å². The van der Waals surface area contributed by atoms with Crippen LogP contribution in [0.1, 0.15) is 25.3 Å². The summed E-state index contributed by atoms with van der Waals surface area (Å²) in [5.74, 6) is -2.71. The van der Waals surface area contributed by atoms with Crippen LogP contribution in [0.25, 0.3) is 0 Å². The Labute approximate surface area is 229 Å². The van der Waals surface area contributed by atoms with E-state index < -0.39 is 27.6 Å². The normalized spacial score (nSPS) is 17.9. The second kappa shape index (κ2) is 11.5. The number of ether oxygens (including phenoxy) is 1. The van der Waals surface area contributed by atoms with Gasteiger partial charge >= 0.3 is 0 Å². The molecule has 1 saturated carbocycles. The molecule has 8 nitrogen and oxygen atoms in total. The van der Waals surface area contributed by atoms with Gasteiger partial charge < -0.3 is 20.4 Å². The Morgan fingerprint density at radius 1 is 1.11 bits per heavy atom. The number of sulfonamides is 1. The molecule has 0 atom stereocenters. The van der Waals surface area contributed by atoms with Gasteiger partial charge in [0.15, 0.2) is 0 Å². The molecule has 1 amide bonds. The van der Waals surface area contributed by atoms with Crippen LogP contribution < -0.4 is 5.32 Å². The summed E-state index contributed by atoms with van der Waals surface area (Å²) in [6, 6.07) is 9.75. The number of amides is 1. The van der Waals surface area contributed by atoms with Crippen LogP contribution in [0.15, 0.2) is 58.4 Å². The number of carbonyl (C=O) groups is 1. The number of nitrogens with zero attached hydrogens (tertiary/aromatic N) is 2. The molecule has 1 aliphatic carbocycles. The van der Waals surface area contributed by atoms with Gasteiger partial charge in [0.05, 0.1) is 12.4 Å². The zero-order valence-corrected chi connectivity index (χ0v) is 23.2. The molecule has 204 valence electrons. The molecule has 2 aromatic rings. The van der Waals surface area contributed by atoms with Gasteiger partial charge in [-0.15, -0.1) is 0 Å². The van der Waals surface area contributed by atoms with E-state index in [1.54, 1.807) is 29.2 Å². The third-order valence-corrected chi connectivity index (χ3v) is 8.98. The Bertz CT molecular complexity index is 1320. The Hall–Kier alpha value is -2.83. The molecule has 1 aliphatic heterocycles. The highest BCUT2D eigenvalue weighted by molar-refractivity contribution is 9.10. The highest BCUT2D eigenvalue weighted by atomic mass is 79.9. The fourth-order valence-electron chi connectivity index (χ4n) is 4.06. The Morgan fingerprint density at radius 3 is 2.26 bits per heavy atom. The molecule has 1 saturated heterocycles. The Balaban J connectivity index is 1.50. The molecule has 0 aromatic heterocycles. The van der Waals surface area contributed by atoms with Crippen LogP contribution in [0.3, 0.4) is 0 Å². The first-order chi connectivity index (χ1) is 18.0. The summed E-state index contributed by atoms with van der Waals surface area (Å²) in [4.78, 5) is 14.9. The van der Waals surface area contributed by atoms with Gasteiger partial charge in [-0.05, 0) is 42.7 Å². The first-order valence-corrected chi connectivity index (χ1v) is 14.5. The van der Waals surface area contributed by atoms with Crippen molar-refractivity contribution in [1.82, 2.24) is 9.21 Å². The fourth-order valence-corrected chi connectivity index (χ4v) is 5.84. The molecule has 0 radical (unpaired) electrons. The SMILES string of the molecule is CC1(COC(C(=O)Nc2cc(F)cc(F)c2)=C(C=N)N2CCN(S(=O)(=O)Cc3ccc(Br)cc3)CC2)CC1. The van der Waals surface area contributed by atoms with Crippen molar-refractivity contribution in [3.63, 3.8) is 0 Å². The van der Waals surface area contributed by atoms with Crippen molar-refractivity contribution in [2.24, 2.45) is 5.41 Å². The summed E-state index contributed by atoms with van der Waals surface area (Å²) in [6.07, 6.45) is 2.86. The monoisotopic (exact) mass is 610 g/mol. The second-order valence-corrected chi connectivity index (χ2v) is 12.7. The van der Waals surface area contributed by atoms with Crippen molar-refractivity contribution in [2.75, 3.05) is 38.1 Å². The highest BCUT2D eigenvalue weighted by Gasteiger charge is 2.39. The van der Waals surface area contributed by atoms with Crippen LogP contribution in [0.2, 0.25) is 0 Å². The van der Waals surface area contributed by atoms with Crippen LogP contribution in [-0.4, -0.2) is 62.5 Å². The van der Waals surface area contributed by atoms with E-state index >= 15 is 0 Å². The minimum Gasteiger partial charge on any atom is -0.486 e. The number of hydrogen-bond acceptors (Lipinski definition) is 6. The zero-order chi connectivity index (χ0) is 27.5. The van der Waals surface area contributed by atoms with E-state index in [-0.39, 0.29) is 61.1 Å². The summed E-state index contributed by atoms with van der Waals surface area (Å²) in [5.41, 5.74) is 0.682. The lowest BCUT2D eigenvalue weighted by Gasteiger charge is -2.36. The smallest absolute Gasteiger partial charge is 0.293 e. The number of anilines is 1. The molecule has 12 heteroatoms. The summed E-state index contributed by atoms with van der Waals surface area (Å²) in [6.45, 7) is 3.05. The molecule has 2 aromatic carbocycles. The first-order valence-electron chi connectivity index (χ1n) is 12.1. The van der Waals surface area contributed by atoms with E-state index in [0.717, 1.165) is 35.7 Å². The van der Waals surface area contributed by atoms with Crippen molar-refractivity contribution in [1.29, 1.82) is 5.41 Å². The highest BCUT2D eigenvalue weighted by Crippen LogP contribution is 2.45. The molecular formula is C26H29BrF2N4O4S. The maximum atomic E-state index is 13.7. The van der Waals surface area contributed by atoms with E-state index in [0.29, 0.717) is 11.6 Å². The Morgan fingerprint density at radius 2 is 1.71 bits per heavy atom. The van der Waals surface area contributed by atoms with Gasteiger partial charge in [0.25, 0.3) is 5.91 Å². The van der Waals surface area contributed by atoms with Crippen LogP contribution in [0.4, 0.5) is 14.5 Å². The van der Waals surface area contributed by atoms with E-state index in [2.05, 4.69) is 21.2 Å². The predicted molar refractivity (Wildman–Crippen MR) is 144 cm³/mol. The van der Waals surface area contributed by atoms with Crippen molar-refractivity contribution in [3.8, 4) is 0 Å². The summed E-state index contributed by atoms with van der Waals surface area (Å²) < 4.78 is 61.5. The maximum absolute atomic E-state index is 13.7. The van der Waals surface area contributed by atoms with E-state index in [1.807, 2.05) is 6.92 Å². The number of nitrogens with one attached hydrogen (secondary N) is 2. The topological polar surface area (TPSA) is 103 Å². The average Bonchev–Trinajstić information content (AvgIpc) is 3.59. The molecule has 0 spiro atoms. The predicted octanol–water partition coefficient (Wildman–Crippen LogP) is 4.49. The van der Waals surface area contributed by atoms with Crippen molar-refractivity contribution >= 4 is 43.8 Å². The number of benzene rings is 2. The number of halogens is 3. The van der Waals surface area contributed by atoms with Gasteiger partial charge in [-0.2, -0.15) is 4.31 Å². The lowest BCUT2D eigenvalue weighted by molar-refractivity contribution is -0.116. The maximum Gasteiger partial charge on any atom is 0.293 e. The van der Waals surface area contributed by atoms with Gasteiger partial charge in [0.1, 0.15) is 17.3 Å². The molecule has 2 fully saturated rings. The molecule has 0 unspecified atom stereocenters. The van der Waals surface area contributed by atoms with Crippen LogP contribution in [0, 0.1) is 22.5 Å². The summed E-state index contributed by atoms with van der Waals surface area (Å²) >= 11 is 3.34. The number of piperazine rings is 1. The molecule has 2 aliphatic rings. The van der Waals surface area contributed by atoms with Crippen molar-refractivity contribution < 1.29 is 26.7 Å². The minimum absolute atomic E-state index is 0.0799. The van der Waals surface area contributed by atoms with E-state index in [4.69, 9.17) is 10.1 Å². The quantitative estimate of drug-likeness (QED) is 0.234. The van der Waals surface area contributed by atoms with Gasteiger partial charge in [-0.25, -0.2) is 17.2 Å². The average molecular weight is 612 g/mol. The molecule has 1 heterocycles. The van der Waals surface area contributed by atoms with Crippen LogP contribution in [0.5, 0.6) is 0 Å². The lowest BCUT2D eigenvalue weighted by Crippen LogP contribution is -2.49. The van der Waals surface area contributed by atoms with E-state index in [1.165, 1.54) is 4.31 Å². The van der Waals surface area contributed by atoms with E-state index in [9.17, 15) is 22.0 Å². The minimum atomic E-state index is -3.58. The van der Waals surface area contributed by atoms with Crippen LogP contribution >= 0.6 is 15.9 Å². The van der Waals surface area contributed by atoms with Gasteiger partial charge in [0, 0.05) is 54.0 Å².